The van der Waals surface area contributed by atoms with Crippen LogP contribution in [0.25, 0.3) is 0 Å². The number of guanidine groups is 1. The highest BCUT2D eigenvalue weighted by molar-refractivity contribution is 5.96. The van der Waals surface area contributed by atoms with Gasteiger partial charge in [0, 0.05) is 26.6 Å². The average molecular weight is 273 g/mol. The Balaban J connectivity index is 2.13. The molecule has 4 nitrogen and oxygen atoms in total. The quantitative estimate of drug-likeness (QED) is 0.589. The van der Waals surface area contributed by atoms with Crippen LogP contribution in [-0.4, -0.2) is 36.9 Å². The van der Waals surface area contributed by atoms with E-state index in [4.69, 9.17) is 0 Å². The SMILES string of the molecule is CCC(=O)NC(=NC)N1CCCC2=C(CC=CC=C2)C1. The summed E-state index contributed by atoms with van der Waals surface area (Å²) in [5, 5.41) is 2.90. The average Bonchev–Trinajstić information content (AvgIpc) is 2.79. The molecule has 0 aromatic rings. The van der Waals surface area contributed by atoms with E-state index in [1.165, 1.54) is 11.1 Å². The van der Waals surface area contributed by atoms with Gasteiger partial charge in [-0.3, -0.25) is 15.1 Å². The zero-order valence-electron chi connectivity index (χ0n) is 12.4. The van der Waals surface area contributed by atoms with Crippen LogP contribution in [0.4, 0.5) is 0 Å². The lowest BCUT2D eigenvalue weighted by Crippen LogP contribution is -2.44. The number of nitrogens with one attached hydrogen (secondary N) is 1. The van der Waals surface area contributed by atoms with Crippen molar-refractivity contribution in [1.82, 2.24) is 10.2 Å². The van der Waals surface area contributed by atoms with E-state index in [0.29, 0.717) is 12.4 Å². The van der Waals surface area contributed by atoms with Gasteiger partial charge in [-0.1, -0.05) is 31.2 Å². The molecule has 1 aliphatic heterocycles. The third-order valence-electron chi connectivity index (χ3n) is 3.70. The van der Waals surface area contributed by atoms with Gasteiger partial charge in [0.2, 0.25) is 11.9 Å². The Bertz CT molecular complexity index is 486. The molecule has 0 saturated heterocycles. The van der Waals surface area contributed by atoms with E-state index in [1.54, 1.807) is 7.05 Å². The lowest BCUT2D eigenvalue weighted by atomic mass is 10.0. The number of rotatable bonds is 1. The molecule has 0 unspecified atom stereocenters. The first kappa shape index (κ1) is 14.6. The summed E-state index contributed by atoms with van der Waals surface area (Å²) in [5.41, 5.74) is 2.87. The number of allylic oxidation sites excluding steroid dienone is 5. The number of hydrogen-bond acceptors (Lipinski definition) is 2. The highest BCUT2D eigenvalue weighted by Gasteiger charge is 2.19. The topological polar surface area (TPSA) is 44.7 Å². The summed E-state index contributed by atoms with van der Waals surface area (Å²) < 4.78 is 0. The second kappa shape index (κ2) is 7.08. The van der Waals surface area contributed by atoms with Gasteiger partial charge in [-0.25, -0.2) is 0 Å². The summed E-state index contributed by atoms with van der Waals surface area (Å²) in [5.74, 6) is 0.715. The standard InChI is InChI=1S/C16H23N3O/c1-3-15(20)18-16(17-2)19-11-7-10-13-8-5-4-6-9-14(13)12-19/h4-6,8H,3,7,9-12H2,1-2H3,(H,17,18,20). The van der Waals surface area contributed by atoms with Gasteiger partial charge in [0.1, 0.15) is 0 Å². The number of carbonyl (C=O) groups is 1. The Labute approximate surface area is 120 Å². The molecule has 20 heavy (non-hydrogen) atoms. The van der Waals surface area contributed by atoms with Crippen LogP contribution in [0.2, 0.25) is 0 Å². The van der Waals surface area contributed by atoms with Crippen molar-refractivity contribution in [2.45, 2.75) is 32.6 Å². The molecule has 4 heteroatoms. The van der Waals surface area contributed by atoms with Crippen molar-refractivity contribution >= 4 is 11.9 Å². The Morgan fingerprint density at radius 2 is 2.30 bits per heavy atom. The van der Waals surface area contributed by atoms with Crippen LogP contribution in [0.15, 0.2) is 40.4 Å². The van der Waals surface area contributed by atoms with Crippen LogP contribution in [0.3, 0.4) is 0 Å². The van der Waals surface area contributed by atoms with E-state index in [9.17, 15) is 4.79 Å². The maximum atomic E-state index is 11.6. The second-order valence-corrected chi connectivity index (χ2v) is 5.09. The number of amides is 1. The first-order valence-corrected chi connectivity index (χ1v) is 7.30. The first-order chi connectivity index (χ1) is 9.74. The van der Waals surface area contributed by atoms with Gasteiger partial charge in [-0.05, 0) is 30.4 Å². The van der Waals surface area contributed by atoms with Crippen LogP contribution in [0.1, 0.15) is 32.6 Å². The molecule has 0 radical (unpaired) electrons. The van der Waals surface area contributed by atoms with Gasteiger partial charge >= 0.3 is 0 Å². The van der Waals surface area contributed by atoms with Crippen molar-refractivity contribution in [1.29, 1.82) is 0 Å². The van der Waals surface area contributed by atoms with Crippen molar-refractivity contribution in [2.24, 2.45) is 4.99 Å². The summed E-state index contributed by atoms with van der Waals surface area (Å²) in [6.45, 7) is 3.63. The highest BCUT2D eigenvalue weighted by atomic mass is 16.1. The number of aliphatic imine (C=N–C) groups is 1. The molecule has 2 rings (SSSR count). The number of nitrogens with zero attached hydrogens (tertiary/aromatic N) is 2. The summed E-state index contributed by atoms with van der Waals surface area (Å²) in [6.07, 6.45) is 12.3. The van der Waals surface area contributed by atoms with E-state index in [-0.39, 0.29) is 5.91 Å². The number of hydrogen-bond donors (Lipinski definition) is 1. The molecule has 0 aromatic carbocycles. The van der Waals surface area contributed by atoms with Crippen molar-refractivity contribution in [3.05, 3.63) is 35.5 Å². The van der Waals surface area contributed by atoms with Gasteiger partial charge in [-0.2, -0.15) is 0 Å². The van der Waals surface area contributed by atoms with E-state index in [0.717, 1.165) is 32.4 Å². The fraction of sp³-hybridized carbons (Fsp3) is 0.500. The zero-order valence-corrected chi connectivity index (χ0v) is 12.4. The molecule has 2 aliphatic rings. The molecule has 1 N–H and O–H groups in total. The second-order valence-electron chi connectivity index (χ2n) is 5.09. The van der Waals surface area contributed by atoms with Gasteiger partial charge in [-0.15, -0.1) is 0 Å². The largest absolute Gasteiger partial charge is 0.339 e. The van der Waals surface area contributed by atoms with Gasteiger partial charge in [0.05, 0.1) is 0 Å². The maximum absolute atomic E-state index is 11.6. The molecule has 0 saturated carbocycles. The number of carbonyl (C=O) groups excluding carboxylic acids is 1. The molecule has 0 bridgehead atoms. The van der Waals surface area contributed by atoms with Gasteiger partial charge in [0.25, 0.3) is 0 Å². The van der Waals surface area contributed by atoms with Crippen LogP contribution in [0.5, 0.6) is 0 Å². The van der Waals surface area contributed by atoms with Crippen molar-refractivity contribution < 1.29 is 4.79 Å². The Morgan fingerprint density at radius 1 is 1.45 bits per heavy atom. The van der Waals surface area contributed by atoms with E-state index < -0.39 is 0 Å². The van der Waals surface area contributed by atoms with Gasteiger partial charge < -0.3 is 4.90 Å². The summed E-state index contributed by atoms with van der Waals surface area (Å²) in [7, 11) is 1.73. The Morgan fingerprint density at radius 3 is 3.05 bits per heavy atom. The zero-order chi connectivity index (χ0) is 14.4. The smallest absolute Gasteiger partial charge is 0.226 e. The third-order valence-corrected chi connectivity index (χ3v) is 3.70. The molecule has 1 amide bonds. The van der Waals surface area contributed by atoms with Crippen LogP contribution in [0, 0.1) is 0 Å². The summed E-state index contributed by atoms with van der Waals surface area (Å²) in [4.78, 5) is 18.0. The predicted octanol–water partition coefficient (Wildman–Crippen LogP) is 2.41. The minimum Gasteiger partial charge on any atom is -0.339 e. The molecule has 0 aromatic heterocycles. The third kappa shape index (κ3) is 3.59. The molecular weight excluding hydrogens is 250 g/mol. The molecule has 0 fully saturated rings. The Hall–Kier alpha value is -1.84. The van der Waals surface area contributed by atoms with Crippen LogP contribution < -0.4 is 5.32 Å². The van der Waals surface area contributed by atoms with Crippen LogP contribution in [-0.2, 0) is 4.79 Å². The molecule has 1 heterocycles. The maximum Gasteiger partial charge on any atom is 0.226 e. The molecule has 108 valence electrons. The molecular formula is C16H23N3O. The minimum atomic E-state index is 0.0182. The minimum absolute atomic E-state index is 0.0182. The summed E-state index contributed by atoms with van der Waals surface area (Å²) in [6, 6.07) is 0. The van der Waals surface area contributed by atoms with Crippen molar-refractivity contribution in [2.75, 3.05) is 20.1 Å². The molecule has 0 spiro atoms. The Kier molecular flexibility index (Phi) is 5.16. The molecule has 0 atom stereocenters. The van der Waals surface area contributed by atoms with E-state index in [2.05, 4.69) is 39.5 Å². The monoisotopic (exact) mass is 273 g/mol. The fourth-order valence-electron chi connectivity index (χ4n) is 2.58. The van der Waals surface area contributed by atoms with E-state index >= 15 is 0 Å². The van der Waals surface area contributed by atoms with E-state index in [1.807, 2.05) is 6.92 Å². The van der Waals surface area contributed by atoms with Crippen molar-refractivity contribution in [3.8, 4) is 0 Å². The van der Waals surface area contributed by atoms with Crippen molar-refractivity contribution in [3.63, 3.8) is 0 Å². The van der Waals surface area contributed by atoms with Gasteiger partial charge in [0.15, 0.2) is 0 Å². The normalized spacial score (nSPS) is 19.5. The summed E-state index contributed by atoms with van der Waals surface area (Å²) >= 11 is 0. The lowest BCUT2D eigenvalue weighted by Gasteiger charge is -2.25. The predicted molar refractivity (Wildman–Crippen MR) is 82.5 cm³/mol. The first-order valence-electron chi connectivity index (χ1n) is 7.30. The van der Waals surface area contributed by atoms with Crippen LogP contribution >= 0.6 is 0 Å². The highest BCUT2D eigenvalue weighted by Crippen LogP contribution is 2.23. The lowest BCUT2D eigenvalue weighted by molar-refractivity contribution is -0.119. The molecule has 1 aliphatic carbocycles. The fourth-order valence-corrected chi connectivity index (χ4v) is 2.58.